The molecule has 1 fully saturated rings. The minimum absolute atomic E-state index is 0.150. The average molecular weight is 359 g/mol. The molecule has 1 aromatic carbocycles. The van der Waals surface area contributed by atoms with Gasteiger partial charge >= 0.3 is 0 Å². The van der Waals surface area contributed by atoms with Crippen LogP contribution in [0.25, 0.3) is 11.6 Å². The molecule has 136 valence electrons. The van der Waals surface area contributed by atoms with Crippen molar-refractivity contribution in [1.29, 1.82) is 0 Å². The maximum absolute atomic E-state index is 13.2. The topological polar surface area (TPSA) is 82.8 Å². The number of nitrogens with zero attached hydrogens (tertiary/aromatic N) is 4. The Morgan fingerprint density at radius 2 is 2.08 bits per heavy atom. The van der Waals surface area contributed by atoms with Crippen LogP contribution < -0.4 is 5.73 Å². The van der Waals surface area contributed by atoms with E-state index in [2.05, 4.69) is 34.3 Å². The van der Waals surface area contributed by atoms with Gasteiger partial charge in [0, 0.05) is 6.54 Å². The van der Waals surface area contributed by atoms with Crippen LogP contribution in [0, 0.1) is 6.92 Å². The summed E-state index contributed by atoms with van der Waals surface area (Å²) < 4.78 is 32.9. The Balaban J connectivity index is 1.69. The molecule has 26 heavy (non-hydrogen) atoms. The van der Waals surface area contributed by atoms with Gasteiger partial charge in [0.25, 0.3) is 12.3 Å². The lowest BCUT2D eigenvalue weighted by atomic mass is 9.91. The van der Waals surface area contributed by atoms with Gasteiger partial charge in [0.1, 0.15) is 5.69 Å². The molecule has 6 nitrogen and oxygen atoms in total. The fourth-order valence-electron chi connectivity index (χ4n) is 3.38. The Bertz CT molecular complexity index is 929. The Hall–Kier alpha value is -2.61. The largest absolute Gasteiger partial charge is 0.332 e. The Morgan fingerprint density at radius 1 is 1.31 bits per heavy atom. The summed E-state index contributed by atoms with van der Waals surface area (Å²) in [6, 6.07) is 9.40. The van der Waals surface area contributed by atoms with Crippen LogP contribution >= 0.6 is 0 Å². The monoisotopic (exact) mass is 359 g/mol. The van der Waals surface area contributed by atoms with E-state index in [1.807, 2.05) is 12.1 Å². The molecule has 3 aromatic rings. The first kappa shape index (κ1) is 16.8. The zero-order chi connectivity index (χ0) is 18.3. The first-order valence-electron chi connectivity index (χ1n) is 8.52. The lowest BCUT2D eigenvalue weighted by molar-refractivity contribution is 0.139. The molecule has 2 N–H and O–H groups in total. The van der Waals surface area contributed by atoms with E-state index in [4.69, 9.17) is 10.3 Å². The maximum atomic E-state index is 13.2. The van der Waals surface area contributed by atoms with E-state index in [1.54, 1.807) is 0 Å². The first-order valence-corrected chi connectivity index (χ1v) is 8.52. The van der Waals surface area contributed by atoms with Crippen LogP contribution in [0.2, 0.25) is 0 Å². The van der Waals surface area contributed by atoms with Gasteiger partial charge in [-0.2, -0.15) is 10.1 Å². The summed E-state index contributed by atoms with van der Waals surface area (Å²) in [5.74, 6) is 0.728. The second-order valence-electron chi connectivity index (χ2n) is 6.59. The normalized spacial score (nSPS) is 15.6. The summed E-state index contributed by atoms with van der Waals surface area (Å²) in [4.78, 5) is 4.48. The van der Waals surface area contributed by atoms with Crippen molar-refractivity contribution in [2.75, 3.05) is 6.54 Å². The van der Waals surface area contributed by atoms with Crippen LogP contribution in [-0.2, 0) is 12.0 Å². The zero-order valence-corrected chi connectivity index (χ0v) is 14.3. The Kier molecular flexibility index (Phi) is 4.07. The summed E-state index contributed by atoms with van der Waals surface area (Å²) in [6.45, 7) is 2.47. The molecular formula is C18H19F2N5O. The predicted octanol–water partition coefficient (Wildman–Crippen LogP) is 3.22. The summed E-state index contributed by atoms with van der Waals surface area (Å²) in [7, 11) is 0. The van der Waals surface area contributed by atoms with Crippen LogP contribution in [0.4, 0.5) is 8.78 Å². The lowest BCUT2D eigenvalue weighted by Crippen LogP contribution is -2.13. The highest BCUT2D eigenvalue weighted by molar-refractivity contribution is 5.50. The summed E-state index contributed by atoms with van der Waals surface area (Å²) in [5.41, 5.74) is 7.60. The Morgan fingerprint density at radius 3 is 2.73 bits per heavy atom. The molecule has 8 heteroatoms. The molecule has 0 aliphatic heterocycles. The van der Waals surface area contributed by atoms with Crippen LogP contribution in [0.5, 0.6) is 0 Å². The predicted molar refractivity (Wildman–Crippen MR) is 90.7 cm³/mol. The number of benzene rings is 1. The minimum Gasteiger partial charge on any atom is -0.332 e. The van der Waals surface area contributed by atoms with E-state index >= 15 is 0 Å². The van der Waals surface area contributed by atoms with Crippen LogP contribution in [0.3, 0.4) is 0 Å². The standard InChI is InChI=1S/C18H19F2N5O/c1-11-4-2-3-5-12(11)18(6-7-18)17-22-16(26-24-17)13-10-14(15(19)20)25(23-13)9-8-21/h2-5,10,15H,6-9,21H2,1H3. The number of hydrogen-bond acceptors (Lipinski definition) is 5. The number of hydrogen-bond donors (Lipinski definition) is 1. The van der Waals surface area contributed by atoms with Crippen molar-refractivity contribution < 1.29 is 13.3 Å². The van der Waals surface area contributed by atoms with E-state index in [0.29, 0.717) is 5.82 Å². The third-order valence-corrected chi connectivity index (χ3v) is 4.86. The highest BCUT2D eigenvalue weighted by Gasteiger charge is 2.50. The van der Waals surface area contributed by atoms with Gasteiger partial charge in [0.2, 0.25) is 0 Å². The number of nitrogens with two attached hydrogens (primary N) is 1. The van der Waals surface area contributed by atoms with E-state index in [1.165, 1.54) is 21.9 Å². The molecule has 0 bridgehead atoms. The fraction of sp³-hybridized carbons (Fsp3) is 0.389. The molecule has 0 unspecified atom stereocenters. The summed E-state index contributed by atoms with van der Waals surface area (Å²) in [6.07, 6.45) is -0.784. The van der Waals surface area contributed by atoms with Crippen molar-refractivity contribution in [3.63, 3.8) is 0 Å². The molecule has 0 saturated heterocycles. The number of alkyl halides is 2. The smallest absolute Gasteiger partial charge is 0.280 e. The third kappa shape index (κ3) is 2.70. The molecular weight excluding hydrogens is 340 g/mol. The van der Waals surface area contributed by atoms with Gasteiger partial charge in [-0.05, 0) is 37.0 Å². The van der Waals surface area contributed by atoms with Crippen molar-refractivity contribution in [1.82, 2.24) is 19.9 Å². The number of halogens is 2. The number of rotatable bonds is 6. The van der Waals surface area contributed by atoms with Gasteiger partial charge in [-0.15, -0.1) is 0 Å². The molecule has 0 radical (unpaired) electrons. The summed E-state index contributed by atoms with van der Waals surface area (Å²) in [5, 5.41) is 8.28. The van der Waals surface area contributed by atoms with Gasteiger partial charge in [-0.1, -0.05) is 29.4 Å². The van der Waals surface area contributed by atoms with E-state index in [9.17, 15) is 8.78 Å². The molecule has 2 aromatic heterocycles. The van der Waals surface area contributed by atoms with Crippen molar-refractivity contribution in [3.8, 4) is 11.6 Å². The van der Waals surface area contributed by atoms with Crippen LogP contribution in [0.1, 0.15) is 41.9 Å². The second-order valence-corrected chi connectivity index (χ2v) is 6.59. The molecule has 1 aliphatic carbocycles. The molecule has 0 spiro atoms. The minimum atomic E-state index is -2.65. The van der Waals surface area contributed by atoms with Crippen molar-refractivity contribution in [2.45, 2.75) is 38.2 Å². The number of aryl methyl sites for hydroxylation is 1. The molecule has 1 aliphatic rings. The molecule has 4 rings (SSSR count). The molecule has 0 amide bonds. The second kappa shape index (κ2) is 6.28. The maximum Gasteiger partial charge on any atom is 0.280 e. The van der Waals surface area contributed by atoms with Crippen LogP contribution in [0.15, 0.2) is 34.9 Å². The fourth-order valence-corrected chi connectivity index (χ4v) is 3.38. The van der Waals surface area contributed by atoms with Gasteiger partial charge in [0.15, 0.2) is 11.5 Å². The van der Waals surface area contributed by atoms with E-state index in [-0.39, 0.29) is 35.8 Å². The van der Waals surface area contributed by atoms with Crippen molar-refractivity contribution in [2.24, 2.45) is 5.73 Å². The van der Waals surface area contributed by atoms with Gasteiger partial charge in [-0.3, -0.25) is 4.68 Å². The average Bonchev–Trinajstić information content (AvgIpc) is 3.07. The van der Waals surface area contributed by atoms with Crippen molar-refractivity contribution in [3.05, 3.63) is 53.0 Å². The number of aromatic nitrogens is 4. The van der Waals surface area contributed by atoms with E-state index < -0.39 is 6.43 Å². The SMILES string of the molecule is Cc1ccccc1C1(c2noc(-c3cc(C(F)F)n(CCN)n3)n2)CC1. The lowest BCUT2D eigenvalue weighted by Gasteiger charge is -2.13. The first-order chi connectivity index (χ1) is 12.5. The van der Waals surface area contributed by atoms with Gasteiger partial charge in [0.05, 0.1) is 12.0 Å². The van der Waals surface area contributed by atoms with Crippen molar-refractivity contribution >= 4 is 0 Å². The van der Waals surface area contributed by atoms with Gasteiger partial charge in [-0.25, -0.2) is 8.78 Å². The highest BCUT2D eigenvalue weighted by atomic mass is 19.3. The highest BCUT2D eigenvalue weighted by Crippen LogP contribution is 2.53. The zero-order valence-electron chi connectivity index (χ0n) is 14.3. The van der Waals surface area contributed by atoms with E-state index in [0.717, 1.165) is 12.8 Å². The Labute approximate surface area is 149 Å². The quantitative estimate of drug-likeness (QED) is 0.731. The van der Waals surface area contributed by atoms with Crippen LogP contribution in [-0.4, -0.2) is 26.5 Å². The third-order valence-electron chi connectivity index (χ3n) is 4.86. The molecule has 0 atom stereocenters. The molecule has 2 heterocycles. The molecule has 1 saturated carbocycles. The summed E-state index contributed by atoms with van der Waals surface area (Å²) >= 11 is 0. The van der Waals surface area contributed by atoms with Gasteiger partial charge < -0.3 is 10.3 Å².